The van der Waals surface area contributed by atoms with Gasteiger partial charge in [0.25, 0.3) is 0 Å². The lowest BCUT2D eigenvalue weighted by atomic mass is 9.99. The number of rotatable bonds is 13. The molecule has 0 aromatic heterocycles. The van der Waals surface area contributed by atoms with Crippen molar-refractivity contribution in [2.24, 2.45) is 9.98 Å². The fourth-order valence-electron chi connectivity index (χ4n) is 2.36. The largest absolute Gasteiger partial charge is 0.360 e. The van der Waals surface area contributed by atoms with Crippen LogP contribution >= 0.6 is 0 Å². The highest BCUT2D eigenvalue weighted by molar-refractivity contribution is 5.55. The molecule has 0 bridgehead atoms. The Balaban J connectivity index is 5.08. The van der Waals surface area contributed by atoms with Crippen molar-refractivity contribution in [2.75, 3.05) is 26.8 Å². The fourth-order valence-corrected chi connectivity index (χ4v) is 2.36. The molecule has 0 aliphatic heterocycles. The minimum absolute atomic E-state index is 0.625. The summed E-state index contributed by atoms with van der Waals surface area (Å²) in [6, 6.07) is 0. The number of allylic oxidation sites excluding steroid dienone is 5. The Morgan fingerprint density at radius 2 is 1.78 bits per heavy atom. The van der Waals surface area contributed by atoms with E-state index in [-0.39, 0.29) is 0 Å². The summed E-state index contributed by atoms with van der Waals surface area (Å²) in [5, 5.41) is 0. The van der Waals surface area contributed by atoms with Crippen LogP contribution in [0.1, 0.15) is 47.5 Å². The Labute approximate surface area is 167 Å². The summed E-state index contributed by atoms with van der Waals surface area (Å²) < 4.78 is 0. The van der Waals surface area contributed by atoms with E-state index >= 15 is 0 Å². The van der Waals surface area contributed by atoms with E-state index in [9.17, 15) is 0 Å². The van der Waals surface area contributed by atoms with Crippen molar-refractivity contribution < 1.29 is 0 Å². The van der Waals surface area contributed by atoms with E-state index in [0.29, 0.717) is 6.67 Å². The van der Waals surface area contributed by atoms with Gasteiger partial charge < -0.3 is 9.80 Å². The van der Waals surface area contributed by atoms with Gasteiger partial charge in [0.05, 0.1) is 0 Å². The topological polar surface area (TPSA) is 31.2 Å². The molecule has 27 heavy (non-hydrogen) atoms. The van der Waals surface area contributed by atoms with Crippen LogP contribution in [0.15, 0.2) is 70.1 Å². The van der Waals surface area contributed by atoms with Gasteiger partial charge in [0.15, 0.2) is 0 Å². The minimum Gasteiger partial charge on any atom is -0.360 e. The highest BCUT2D eigenvalue weighted by atomic mass is 15.2. The van der Waals surface area contributed by atoms with Crippen molar-refractivity contribution in [2.45, 2.75) is 47.5 Å². The first-order valence-electron chi connectivity index (χ1n) is 9.68. The van der Waals surface area contributed by atoms with Gasteiger partial charge in [0, 0.05) is 32.6 Å². The van der Waals surface area contributed by atoms with E-state index in [2.05, 4.69) is 66.1 Å². The lowest BCUT2D eigenvalue weighted by Crippen LogP contribution is -2.20. The molecule has 0 aliphatic carbocycles. The average molecular weight is 371 g/mol. The molecule has 0 atom stereocenters. The van der Waals surface area contributed by atoms with Crippen LogP contribution in [-0.4, -0.2) is 49.0 Å². The van der Waals surface area contributed by atoms with Gasteiger partial charge >= 0.3 is 0 Å². The van der Waals surface area contributed by atoms with Gasteiger partial charge in [0.1, 0.15) is 12.5 Å². The van der Waals surface area contributed by atoms with Crippen LogP contribution < -0.4 is 0 Å². The minimum atomic E-state index is 0.625. The van der Waals surface area contributed by atoms with Crippen molar-refractivity contribution in [3.8, 4) is 0 Å². The maximum atomic E-state index is 4.46. The summed E-state index contributed by atoms with van der Waals surface area (Å²) in [4.78, 5) is 13.2. The maximum absolute atomic E-state index is 4.46. The third kappa shape index (κ3) is 10.4. The van der Waals surface area contributed by atoms with Crippen molar-refractivity contribution >= 4 is 12.4 Å². The second kappa shape index (κ2) is 14.8. The van der Waals surface area contributed by atoms with Crippen molar-refractivity contribution in [3.63, 3.8) is 0 Å². The standard InChI is InChI=1S/C23H38N4/c1-9-16-26(8)23(25-12-4)14-13-17-27(19-24-11-3)18-15-21(6)22(7)20(5)10-2/h10-14,17H,6-7,9,15-16,18-19H2,1-5,8H3/b17-13+,20-10+,23-14+,24-11?,25-12?. The summed E-state index contributed by atoms with van der Waals surface area (Å²) in [5.41, 5.74) is 3.28. The summed E-state index contributed by atoms with van der Waals surface area (Å²) in [6.45, 7) is 20.9. The second-order valence-electron chi connectivity index (χ2n) is 6.37. The predicted molar refractivity (Wildman–Crippen MR) is 122 cm³/mol. The second-order valence-corrected chi connectivity index (χ2v) is 6.37. The van der Waals surface area contributed by atoms with Crippen LogP contribution in [-0.2, 0) is 0 Å². The zero-order valence-electron chi connectivity index (χ0n) is 18.2. The van der Waals surface area contributed by atoms with Crippen LogP contribution in [0.3, 0.4) is 0 Å². The third-order valence-electron chi connectivity index (χ3n) is 4.24. The van der Waals surface area contributed by atoms with Gasteiger partial charge in [-0.15, -0.1) is 0 Å². The molecule has 0 heterocycles. The number of nitrogens with zero attached hydrogens (tertiary/aromatic N) is 4. The van der Waals surface area contributed by atoms with E-state index in [1.165, 1.54) is 5.57 Å². The maximum Gasteiger partial charge on any atom is 0.127 e. The highest BCUT2D eigenvalue weighted by Crippen LogP contribution is 2.18. The summed E-state index contributed by atoms with van der Waals surface area (Å²) in [5.74, 6) is 0.955. The Morgan fingerprint density at radius 3 is 2.33 bits per heavy atom. The SMILES string of the molecule is C=C(CCN(/C=C/C=C(\N=CC)N(C)CCC)CN=CC)C(=C)/C(C)=C/C. The molecule has 0 aromatic carbocycles. The Hall–Kier alpha value is -2.36. The van der Waals surface area contributed by atoms with Gasteiger partial charge in [-0.05, 0) is 75.6 Å². The quantitative estimate of drug-likeness (QED) is 0.312. The molecule has 0 amide bonds. The lowest BCUT2D eigenvalue weighted by Gasteiger charge is -2.20. The fraction of sp³-hybridized carbons (Fsp3) is 0.478. The van der Waals surface area contributed by atoms with E-state index in [4.69, 9.17) is 0 Å². The molecule has 0 saturated heterocycles. The number of aliphatic imine (C=N–C) groups is 2. The monoisotopic (exact) mass is 370 g/mol. The molecular formula is C23H38N4. The Kier molecular flexibility index (Phi) is 13.5. The molecule has 4 heteroatoms. The Morgan fingerprint density at radius 1 is 1.07 bits per heavy atom. The van der Waals surface area contributed by atoms with Gasteiger partial charge in [-0.1, -0.05) is 26.2 Å². The van der Waals surface area contributed by atoms with E-state index in [1.54, 1.807) is 0 Å². The predicted octanol–water partition coefficient (Wildman–Crippen LogP) is 5.59. The first-order chi connectivity index (χ1) is 12.9. The molecule has 0 saturated carbocycles. The van der Waals surface area contributed by atoms with Crippen LogP contribution in [0.2, 0.25) is 0 Å². The molecule has 0 rings (SSSR count). The number of hydrogen-bond acceptors (Lipinski definition) is 4. The molecule has 0 fully saturated rings. The van der Waals surface area contributed by atoms with Crippen LogP contribution in [0.4, 0.5) is 0 Å². The zero-order chi connectivity index (χ0) is 20.7. The molecule has 4 nitrogen and oxygen atoms in total. The molecule has 0 spiro atoms. The molecule has 0 radical (unpaired) electrons. The van der Waals surface area contributed by atoms with Crippen molar-refractivity contribution in [1.82, 2.24) is 9.80 Å². The van der Waals surface area contributed by atoms with Gasteiger partial charge in [-0.25, -0.2) is 4.99 Å². The average Bonchev–Trinajstić information content (AvgIpc) is 2.67. The summed E-state index contributed by atoms with van der Waals surface area (Å²) in [7, 11) is 2.06. The first kappa shape index (κ1) is 24.6. The first-order valence-corrected chi connectivity index (χ1v) is 9.68. The Bertz CT molecular complexity index is 606. The van der Waals surface area contributed by atoms with Crippen molar-refractivity contribution in [1.29, 1.82) is 0 Å². The zero-order valence-corrected chi connectivity index (χ0v) is 18.2. The normalized spacial score (nSPS) is 13.1. The highest BCUT2D eigenvalue weighted by Gasteiger charge is 2.05. The molecular weight excluding hydrogens is 332 g/mol. The van der Waals surface area contributed by atoms with Gasteiger partial charge in [0.2, 0.25) is 0 Å². The summed E-state index contributed by atoms with van der Waals surface area (Å²) >= 11 is 0. The van der Waals surface area contributed by atoms with E-state index in [1.807, 2.05) is 45.4 Å². The number of hydrogen-bond donors (Lipinski definition) is 0. The molecule has 0 aromatic rings. The van der Waals surface area contributed by atoms with E-state index in [0.717, 1.165) is 42.9 Å². The van der Waals surface area contributed by atoms with E-state index < -0.39 is 0 Å². The smallest absolute Gasteiger partial charge is 0.127 e. The molecule has 0 unspecified atom stereocenters. The molecule has 0 aliphatic rings. The van der Waals surface area contributed by atoms with Crippen LogP contribution in [0.25, 0.3) is 0 Å². The van der Waals surface area contributed by atoms with Crippen molar-refractivity contribution in [3.05, 3.63) is 60.1 Å². The van der Waals surface area contributed by atoms with Crippen LogP contribution in [0, 0.1) is 0 Å². The van der Waals surface area contributed by atoms with Gasteiger partial charge in [-0.2, -0.15) is 0 Å². The molecule has 150 valence electrons. The third-order valence-corrected chi connectivity index (χ3v) is 4.24. The van der Waals surface area contributed by atoms with Crippen LogP contribution in [0.5, 0.6) is 0 Å². The lowest BCUT2D eigenvalue weighted by molar-refractivity contribution is 0.393. The summed E-state index contributed by atoms with van der Waals surface area (Å²) in [6.07, 6.45) is 13.8. The van der Waals surface area contributed by atoms with Gasteiger partial charge in [-0.3, -0.25) is 4.99 Å². The molecule has 0 N–H and O–H groups in total.